The number of amides is 1. The summed E-state index contributed by atoms with van der Waals surface area (Å²) in [7, 11) is 1.42. The van der Waals surface area contributed by atoms with Gasteiger partial charge in [-0.3, -0.25) is 9.63 Å². The molecule has 0 aliphatic heterocycles. The maximum absolute atomic E-state index is 11.4. The molecule has 0 spiro atoms. The lowest BCUT2D eigenvalue weighted by Crippen LogP contribution is -2.21. The first-order valence-electron chi connectivity index (χ1n) is 4.12. The molecule has 0 bridgehead atoms. The van der Waals surface area contributed by atoms with Gasteiger partial charge in [0.25, 0.3) is 5.91 Å². The van der Waals surface area contributed by atoms with Gasteiger partial charge in [-0.15, -0.1) is 11.3 Å². The molecule has 0 radical (unpaired) electrons. The third kappa shape index (κ3) is 1.62. The monoisotopic (exact) mass is 207 g/mol. The van der Waals surface area contributed by atoms with Crippen molar-refractivity contribution in [3.8, 4) is 0 Å². The molecule has 0 fully saturated rings. The summed E-state index contributed by atoms with van der Waals surface area (Å²) in [5.41, 5.74) is 2.89. The van der Waals surface area contributed by atoms with Crippen LogP contribution in [0.25, 0.3) is 10.1 Å². The summed E-state index contributed by atoms with van der Waals surface area (Å²) in [6.07, 6.45) is 0. The molecule has 2 rings (SSSR count). The molecular weight excluding hydrogens is 198 g/mol. The number of fused-ring (bicyclic) bond motifs is 1. The largest absolute Gasteiger partial charge is 0.277 e. The van der Waals surface area contributed by atoms with Gasteiger partial charge < -0.3 is 0 Å². The predicted molar refractivity (Wildman–Crippen MR) is 56.3 cm³/mol. The fourth-order valence-electron chi connectivity index (χ4n) is 1.26. The number of thiophene rings is 1. The Bertz CT molecular complexity index is 464. The maximum Gasteiger partial charge on any atom is 0.274 e. The first-order valence-corrected chi connectivity index (χ1v) is 5.00. The second-order valence-electron chi connectivity index (χ2n) is 2.81. The number of hydrogen-bond donors (Lipinski definition) is 1. The van der Waals surface area contributed by atoms with Crippen molar-refractivity contribution in [3.63, 3.8) is 0 Å². The molecule has 2 aromatic rings. The summed E-state index contributed by atoms with van der Waals surface area (Å²) in [5.74, 6) is -0.222. The Morgan fingerprint density at radius 1 is 1.43 bits per heavy atom. The summed E-state index contributed by atoms with van der Waals surface area (Å²) in [5, 5.41) is 3.08. The number of hydrogen-bond acceptors (Lipinski definition) is 3. The van der Waals surface area contributed by atoms with Gasteiger partial charge in [-0.25, -0.2) is 5.48 Å². The fourth-order valence-corrected chi connectivity index (χ4v) is 2.03. The molecule has 1 N–H and O–H groups in total. The fraction of sp³-hybridized carbons (Fsp3) is 0.100. The Morgan fingerprint density at radius 2 is 2.29 bits per heavy atom. The van der Waals surface area contributed by atoms with E-state index in [2.05, 4.69) is 10.3 Å². The minimum atomic E-state index is -0.222. The molecule has 0 saturated heterocycles. The van der Waals surface area contributed by atoms with Crippen LogP contribution in [0.1, 0.15) is 10.4 Å². The number of benzene rings is 1. The van der Waals surface area contributed by atoms with Crippen LogP contribution in [-0.2, 0) is 4.84 Å². The van der Waals surface area contributed by atoms with Crippen LogP contribution in [0.4, 0.5) is 0 Å². The lowest BCUT2D eigenvalue weighted by atomic mass is 10.1. The van der Waals surface area contributed by atoms with Crippen molar-refractivity contribution in [2.75, 3.05) is 7.11 Å². The molecule has 0 unspecified atom stereocenters. The zero-order valence-corrected chi connectivity index (χ0v) is 8.43. The minimum Gasteiger partial charge on any atom is -0.277 e. The van der Waals surface area contributed by atoms with E-state index < -0.39 is 0 Å². The third-order valence-corrected chi connectivity index (χ3v) is 2.81. The maximum atomic E-state index is 11.4. The van der Waals surface area contributed by atoms with Gasteiger partial charge >= 0.3 is 0 Å². The number of hydroxylamine groups is 1. The van der Waals surface area contributed by atoms with E-state index in [-0.39, 0.29) is 5.91 Å². The molecule has 4 heteroatoms. The first kappa shape index (κ1) is 9.18. The van der Waals surface area contributed by atoms with E-state index in [1.807, 2.05) is 23.6 Å². The molecular formula is C10H9NO2S. The van der Waals surface area contributed by atoms with Gasteiger partial charge in [-0.1, -0.05) is 0 Å². The number of nitrogens with one attached hydrogen (secondary N) is 1. The summed E-state index contributed by atoms with van der Waals surface area (Å²) < 4.78 is 1.18. The Hall–Kier alpha value is -1.39. The third-order valence-electron chi connectivity index (χ3n) is 1.91. The number of carbonyl (C=O) groups is 1. The molecule has 1 aromatic heterocycles. The van der Waals surface area contributed by atoms with Gasteiger partial charge in [0.05, 0.1) is 7.11 Å². The lowest BCUT2D eigenvalue weighted by Gasteiger charge is -2.01. The van der Waals surface area contributed by atoms with Crippen LogP contribution >= 0.6 is 11.3 Å². The smallest absolute Gasteiger partial charge is 0.274 e. The molecule has 1 amide bonds. The number of carbonyl (C=O) groups excluding carboxylic acids is 1. The van der Waals surface area contributed by atoms with Crippen LogP contribution in [0, 0.1) is 0 Å². The Balaban J connectivity index is 2.38. The zero-order valence-electron chi connectivity index (χ0n) is 7.61. The van der Waals surface area contributed by atoms with E-state index in [9.17, 15) is 4.79 Å². The van der Waals surface area contributed by atoms with Gasteiger partial charge in [0.1, 0.15) is 0 Å². The van der Waals surface area contributed by atoms with Crippen molar-refractivity contribution in [2.24, 2.45) is 0 Å². The van der Waals surface area contributed by atoms with Crippen molar-refractivity contribution in [3.05, 3.63) is 35.2 Å². The van der Waals surface area contributed by atoms with E-state index in [1.54, 1.807) is 17.4 Å². The minimum absolute atomic E-state index is 0.222. The van der Waals surface area contributed by atoms with Crippen molar-refractivity contribution < 1.29 is 9.63 Å². The molecule has 1 heterocycles. The quantitative estimate of drug-likeness (QED) is 0.766. The molecule has 0 atom stereocenters. The highest BCUT2D eigenvalue weighted by Gasteiger charge is 2.05. The van der Waals surface area contributed by atoms with Crippen LogP contribution < -0.4 is 5.48 Å². The molecule has 1 aromatic carbocycles. The molecule has 0 aliphatic rings. The highest BCUT2D eigenvalue weighted by molar-refractivity contribution is 7.17. The van der Waals surface area contributed by atoms with Gasteiger partial charge in [0.2, 0.25) is 0 Å². The topological polar surface area (TPSA) is 38.3 Å². The summed E-state index contributed by atoms with van der Waals surface area (Å²) in [6.45, 7) is 0. The molecule has 0 saturated carbocycles. The van der Waals surface area contributed by atoms with Crippen molar-refractivity contribution in [1.29, 1.82) is 0 Å². The number of rotatable bonds is 2. The second-order valence-corrected chi connectivity index (χ2v) is 3.76. The first-order chi connectivity index (χ1) is 6.81. The molecule has 14 heavy (non-hydrogen) atoms. The average Bonchev–Trinajstić information content (AvgIpc) is 2.64. The Kier molecular flexibility index (Phi) is 2.47. The summed E-state index contributed by atoms with van der Waals surface area (Å²) in [4.78, 5) is 15.9. The van der Waals surface area contributed by atoms with E-state index in [1.165, 1.54) is 11.8 Å². The van der Waals surface area contributed by atoms with Crippen molar-refractivity contribution in [1.82, 2.24) is 5.48 Å². The SMILES string of the molecule is CONC(=O)c1ccc2sccc2c1. The predicted octanol–water partition coefficient (Wildman–Crippen LogP) is 2.19. The van der Waals surface area contributed by atoms with Gasteiger partial charge in [-0.2, -0.15) is 0 Å². The van der Waals surface area contributed by atoms with Crippen LogP contribution in [0.15, 0.2) is 29.6 Å². The summed E-state index contributed by atoms with van der Waals surface area (Å²) in [6, 6.07) is 7.56. The average molecular weight is 207 g/mol. The van der Waals surface area contributed by atoms with Gasteiger partial charge in [-0.05, 0) is 35.0 Å². The van der Waals surface area contributed by atoms with E-state index in [0.29, 0.717) is 5.56 Å². The zero-order chi connectivity index (χ0) is 9.97. The van der Waals surface area contributed by atoms with Crippen molar-refractivity contribution in [2.45, 2.75) is 0 Å². The van der Waals surface area contributed by atoms with Gasteiger partial charge in [0, 0.05) is 10.3 Å². The highest BCUT2D eigenvalue weighted by Crippen LogP contribution is 2.21. The molecule has 0 aliphatic carbocycles. The Morgan fingerprint density at radius 3 is 3.07 bits per heavy atom. The van der Waals surface area contributed by atoms with E-state index in [4.69, 9.17) is 0 Å². The molecule has 72 valence electrons. The van der Waals surface area contributed by atoms with Crippen LogP contribution in [0.5, 0.6) is 0 Å². The lowest BCUT2D eigenvalue weighted by molar-refractivity contribution is 0.0538. The van der Waals surface area contributed by atoms with E-state index >= 15 is 0 Å². The second kappa shape index (κ2) is 3.77. The Labute approximate surface area is 85.3 Å². The van der Waals surface area contributed by atoms with Crippen molar-refractivity contribution >= 4 is 27.3 Å². The van der Waals surface area contributed by atoms with Gasteiger partial charge in [0.15, 0.2) is 0 Å². The van der Waals surface area contributed by atoms with E-state index in [0.717, 1.165) is 5.39 Å². The van der Waals surface area contributed by atoms with Crippen LogP contribution in [0.2, 0.25) is 0 Å². The highest BCUT2D eigenvalue weighted by atomic mass is 32.1. The van der Waals surface area contributed by atoms with Crippen LogP contribution in [0.3, 0.4) is 0 Å². The summed E-state index contributed by atoms with van der Waals surface area (Å²) >= 11 is 1.66. The standard InChI is InChI=1S/C10H9NO2S/c1-13-11-10(12)8-2-3-9-7(6-8)4-5-14-9/h2-6H,1H3,(H,11,12). The van der Waals surface area contributed by atoms with Crippen LogP contribution in [-0.4, -0.2) is 13.0 Å². The normalized spacial score (nSPS) is 10.4. The molecule has 3 nitrogen and oxygen atoms in total.